The molecule has 1 aromatic heterocycles. The molecule has 74 valence electrons. The van der Waals surface area contributed by atoms with Gasteiger partial charge in [-0.1, -0.05) is 42.5 Å². The molecule has 0 fully saturated rings. The monoisotopic (exact) mass is 196 g/mol. The Hall–Kier alpha value is -2.09. The fourth-order valence-corrected chi connectivity index (χ4v) is 1.32. The minimum absolute atomic E-state index is 0.560. The second-order valence-corrected chi connectivity index (χ2v) is 3.22. The van der Waals surface area contributed by atoms with Gasteiger partial charge in [0, 0.05) is 11.8 Å². The van der Waals surface area contributed by atoms with Crippen molar-refractivity contribution in [1.29, 1.82) is 0 Å². The first kappa shape index (κ1) is 9.46. The Kier molecular flexibility index (Phi) is 2.79. The smallest absolute Gasteiger partial charge is 0.130 e. The Morgan fingerprint density at radius 3 is 2.47 bits per heavy atom. The maximum Gasteiger partial charge on any atom is 0.130 e. The van der Waals surface area contributed by atoms with Gasteiger partial charge in [-0.15, -0.1) is 0 Å². The molecule has 0 amide bonds. The van der Waals surface area contributed by atoms with Crippen molar-refractivity contribution < 1.29 is 0 Å². The predicted octanol–water partition coefficient (Wildman–Crippen LogP) is 2.83. The van der Waals surface area contributed by atoms with Gasteiger partial charge in [0.25, 0.3) is 0 Å². The number of nitrogen functional groups attached to an aromatic ring is 1. The zero-order chi connectivity index (χ0) is 10.5. The molecular formula is C13H12N2. The fraction of sp³-hybridized carbons (Fsp3) is 0. The number of rotatable bonds is 2. The summed E-state index contributed by atoms with van der Waals surface area (Å²) in [6.07, 6.45) is 5.68. The number of hydrogen-bond acceptors (Lipinski definition) is 2. The molecule has 0 unspecified atom stereocenters. The number of nitrogens with zero attached hydrogens (tertiary/aromatic N) is 1. The number of anilines is 1. The first-order chi connectivity index (χ1) is 7.36. The van der Waals surface area contributed by atoms with Gasteiger partial charge in [0.05, 0.1) is 0 Å². The fourth-order valence-electron chi connectivity index (χ4n) is 1.32. The van der Waals surface area contributed by atoms with Crippen molar-refractivity contribution in [2.24, 2.45) is 0 Å². The summed E-state index contributed by atoms with van der Waals surface area (Å²) < 4.78 is 0. The van der Waals surface area contributed by atoms with Crippen LogP contribution in [-0.2, 0) is 0 Å². The molecule has 2 rings (SSSR count). The van der Waals surface area contributed by atoms with Gasteiger partial charge in [-0.2, -0.15) is 0 Å². The summed E-state index contributed by atoms with van der Waals surface area (Å²) in [5, 5.41) is 0. The topological polar surface area (TPSA) is 38.9 Å². The van der Waals surface area contributed by atoms with Crippen LogP contribution in [0.3, 0.4) is 0 Å². The molecule has 0 saturated carbocycles. The van der Waals surface area contributed by atoms with Crippen LogP contribution in [-0.4, -0.2) is 4.98 Å². The standard InChI is InChI=1S/C13H12N2/c14-13-12(7-4-10-15-13)9-8-11-5-2-1-3-6-11/h1-10H,(H2,14,15)/b9-8+. The molecular weight excluding hydrogens is 184 g/mol. The predicted molar refractivity (Wildman–Crippen MR) is 64.0 cm³/mol. The Morgan fingerprint density at radius 1 is 0.933 bits per heavy atom. The van der Waals surface area contributed by atoms with Gasteiger partial charge < -0.3 is 5.73 Å². The number of aromatic nitrogens is 1. The molecule has 2 heteroatoms. The molecule has 0 radical (unpaired) electrons. The summed E-state index contributed by atoms with van der Waals surface area (Å²) in [6, 6.07) is 13.9. The lowest BCUT2D eigenvalue weighted by Gasteiger charge is -1.97. The normalized spacial score (nSPS) is 10.7. The van der Waals surface area contributed by atoms with E-state index in [1.54, 1.807) is 6.20 Å². The zero-order valence-corrected chi connectivity index (χ0v) is 8.30. The van der Waals surface area contributed by atoms with Crippen LogP contribution in [0.2, 0.25) is 0 Å². The van der Waals surface area contributed by atoms with Crippen LogP contribution in [0.1, 0.15) is 11.1 Å². The molecule has 0 aliphatic heterocycles. The zero-order valence-electron chi connectivity index (χ0n) is 8.30. The third-order valence-electron chi connectivity index (χ3n) is 2.13. The molecule has 1 heterocycles. The van der Waals surface area contributed by atoms with Gasteiger partial charge >= 0.3 is 0 Å². The van der Waals surface area contributed by atoms with Crippen molar-refractivity contribution in [2.45, 2.75) is 0 Å². The summed E-state index contributed by atoms with van der Waals surface area (Å²) in [6.45, 7) is 0. The average Bonchev–Trinajstić information content (AvgIpc) is 2.29. The number of nitrogens with two attached hydrogens (primary N) is 1. The van der Waals surface area contributed by atoms with Crippen molar-refractivity contribution in [1.82, 2.24) is 4.98 Å². The minimum Gasteiger partial charge on any atom is -0.383 e. The Bertz CT molecular complexity index is 461. The largest absolute Gasteiger partial charge is 0.383 e. The van der Waals surface area contributed by atoms with E-state index in [1.807, 2.05) is 54.6 Å². The van der Waals surface area contributed by atoms with Gasteiger partial charge in [-0.3, -0.25) is 0 Å². The first-order valence-corrected chi connectivity index (χ1v) is 4.80. The molecule has 0 saturated heterocycles. The summed E-state index contributed by atoms with van der Waals surface area (Å²) in [5.41, 5.74) is 7.82. The van der Waals surface area contributed by atoms with Crippen molar-refractivity contribution in [3.8, 4) is 0 Å². The quantitative estimate of drug-likeness (QED) is 0.802. The highest BCUT2D eigenvalue weighted by Crippen LogP contribution is 2.11. The van der Waals surface area contributed by atoms with Crippen molar-refractivity contribution in [2.75, 3.05) is 5.73 Å². The van der Waals surface area contributed by atoms with Crippen LogP contribution in [0.25, 0.3) is 12.2 Å². The molecule has 2 nitrogen and oxygen atoms in total. The maximum atomic E-state index is 5.72. The Balaban J connectivity index is 2.23. The van der Waals surface area contributed by atoms with Crippen molar-refractivity contribution in [3.63, 3.8) is 0 Å². The third-order valence-corrected chi connectivity index (χ3v) is 2.13. The van der Waals surface area contributed by atoms with Crippen LogP contribution in [0.5, 0.6) is 0 Å². The van der Waals surface area contributed by atoms with E-state index >= 15 is 0 Å². The van der Waals surface area contributed by atoms with Crippen LogP contribution >= 0.6 is 0 Å². The van der Waals surface area contributed by atoms with E-state index in [0.717, 1.165) is 11.1 Å². The molecule has 0 aliphatic rings. The van der Waals surface area contributed by atoms with Crippen LogP contribution in [0, 0.1) is 0 Å². The van der Waals surface area contributed by atoms with Crippen LogP contribution in [0.4, 0.5) is 5.82 Å². The lowest BCUT2D eigenvalue weighted by Crippen LogP contribution is -1.91. The van der Waals surface area contributed by atoms with Gasteiger partial charge in [-0.05, 0) is 17.7 Å². The number of benzene rings is 1. The van der Waals surface area contributed by atoms with Crippen molar-refractivity contribution >= 4 is 18.0 Å². The highest BCUT2D eigenvalue weighted by molar-refractivity contribution is 5.73. The summed E-state index contributed by atoms with van der Waals surface area (Å²) >= 11 is 0. The summed E-state index contributed by atoms with van der Waals surface area (Å²) in [7, 11) is 0. The van der Waals surface area contributed by atoms with E-state index in [0.29, 0.717) is 5.82 Å². The Morgan fingerprint density at radius 2 is 1.73 bits per heavy atom. The van der Waals surface area contributed by atoms with Crippen LogP contribution in [0.15, 0.2) is 48.7 Å². The molecule has 1 aromatic carbocycles. The van der Waals surface area contributed by atoms with E-state index in [4.69, 9.17) is 5.73 Å². The molecule has 0 spiro atoms. The summed E-state index contributed by atoms with van der Waals surface area (Å²) in [4.78, 5) is 4.02. The van der Waals surface area contributed by atoms with Crippen molar-refractivity contribution in [3.05, 3.63) is 59.8 Å². The minimum atomic E-state index is 0.560. The van der Waals surface area contributed by atoms with Gasteiger partial charge in [0.15, 0.2) is 0 Å². The lowest BCUT2D eigenvalue weighted by atomic mass is 10.1. The maximum absolute atomic E-state index is 5.72. The highest BCUT2D eigenvalue weighted by Gasteiger charge is 1.92. The average molecular weight is 196 g/mol. The third kappa shape index (κ3) is 2.44. The van der Waals surface area contributed by atoms with E-state index in [1.165, 1.54) is 0 Å². The molecule has 2 aromatic rings. The number of pyridine rings is 1. The first-order valence-electron chi connectivity index (χ1n) is 4.80. The van der Waals surface area contributed by atoms with Gasteiger partial charge in [0.2, 0.25) is 0 Å². The highest BCUT2D eigenvalue weighted by atomic mass is 14.8. The van der Waals surface area contributed by atoms with Gasteiger partial charge in [-0.25, -0.2) is 4.98 Å². The van der Waals surface area contributed by atoms with E-state index in [2.05, 4.69) is 4.98 Å². The van der Waals surface area contributed by atoms with Crippen LogP contribution < -0.4 is 5.73 Å². The second kappa shape index (κ2) is 4.42. The molecule has 0 aliphatic carbocycles. The van der Waals surface area contributed by atoms with E-state index < -0.39 is 0 Å². The summed E-state index contributed by atoms with van der Waals surface area (Å²) in [5.74, 6) is 0.560. The number of hydrogen-bond donors (Lipinski definition) is 1. The van der Waals surface area contributed by atoms with E-state index in [-0.39, 0.29) is 0 Å². The second-order valence-electron chi connectivity index (χ2n) is 3.22. The molecule has 2 N–H and O–H groups in total. The SMILES string of the molecule is Nc1ncccc1/C=C/c1ccccc1. The van der Waals surface area contributed by atoms with Gasteiger partial charge in [0.1, 0.15) is 5.82 Å². The Labute approximate surface area is 89.1 Å². The van der Waals surface area contributed by atoms with E-state index in [9.17, 15) is 0 Å². The molecule has 0 atom stereocenters. The molecule has 15 heavy (non-hydrogen) atoms. The lowest BCUT2D eigenvalue weighted by molar-refractivity contribution is 1.33. The molecule has 0 bridgehead atoms.